The summed E-state index contributed by atoms with van der Waals surface area (Å²) in [4.78, 5) is 0.661. The van der Waals surface area contributed by atoms with Crippen molar-refractivity contribution in [1.82, 2.24) is 0 Å². The molecule has 0 unspecified atom stereocenters. The summed E-state index contributed by atoms with van der Waals surface area (Å²) in [6.45, 7) is 0. The van der Waals surface area contributed by atoms with Gasteiger partial charge >= 0.3 is 0 Å². The number of benzene rings is 1. The van der Waals surface area contributed by atoms with Crippen LogP contribution in [0.4, 0.5) is 4.39 Å². The molecule has 0 bridgehead atoms. The zero-order valence-corrected chi connectivity index (χ0v) is 9.14. The van der Waals surface area contributed by atoms with Gasteiger partial charge in [0, 0.05) is 24.8 Å². The van der Waals surface area contributed by atoms with E-state index in [0.717, 1.165) is 9.17 Å². The molecule has 62 valence electrons. The second kappa shape index (κ2) is 3.01. The van der Waals surface area contributed by atoms with Gasteiger partial charge < -0.3 is 0 Å². The molecule has 0 saturated carbocycles. The largest absolute Gasteiger partial charge is 0.206 e. The van der Waals surface area contributed by atoms with E-state index < -0.39 is 0 Å². The van der Waals surface area contributed by atoms with Crippen molar-refractivity contribution < 1.29 is 4.39 Å². The maximum absolute atomic E-state index is 13.3. The van der Waals surface area contributed by atoms with Crippen molar-refractivity contribution in [3.05, 3.63) is 27.8 Å². The molecule has 1 heterocycles. The van der Waals surface area contributed by atoms with E-state index in [4.69, 9.17) is 0 Å². The summed E-state index contributed by atoms with van der Waals surface area (Å²) < 4.78 is 15.0. The van der Waals surface area contributed by atoms with Crippen molar-refractivity contribution in [3.8, 4) is 0 Å². The zero-order valence-electron chi connectivity index (χ0n) is 5.84. The number of halogens is 2. The molecule has 2 aromatic rings. The lowest BCUT2D eigenvalue weighted by atomic mass is 10.2. The van der Waals surface area contributed by atoms with Gasteiger partial charge in [-0.1, -0.05) is 0 Å². The van der Waals surface area contributed by atoms with Crippen LogP contribution in [-0.2, 0) is 0 Å². The van der Waals surface area contributed by atoms with Crippen LogP contribution in [0.2, 0.25) is 0 Å². The van der Waals surface area contributed by atoms with Crippen LogP contribution in [0.25, 0.3) is 10.1 Å². The lowest BCUT2D eigenvalue weighted by molar-refractivity contribution is 0.636. The van der Waals surface area contributed by atoms with Gasteiger partial charge in [0.1, 0.15) is 5.82 Å². The Balaban J connectivity index is 2.93. The van der Waals surface area contributed by atoms with Gasteiger partial charge in [0.2, 0.25) is 0 Å². The van der Waals surface area contributed by atoms with Gasteiger partial charge in [0.25, 0.3) is 0 Å². The van der Waals surface area contributed by atoms with E-state index in [1.807, 2.05) is 11.4 Å². The molecule has 0 saturated heterocycles. The van der Waals surface area contributed by atoms with Gasteiger partial charge in [-0.25, -0.2) is 4.39 Å². The Bertz CT molecular complexity index is 436. The number of hydrogen-bond donors (Lipinski definition) is 1. The van der Waals surface area contributed by atoms with Crippen LogP contribution in [0.5, 0.6) is 0 Å². The SMILES string of the molecule is Fc1cc(S)cc2scc(Br)c12. The molecule has 0 aliphatic heterocycles. The van der Waals surface area contributed by atoms with Crippen molar-refractivity contribution in [2.24, 2.45) is 0 Å². The molecule has 0 radical (unpaired) electrons. The van der Waals surface area contributed by atoms with E-state index in [9.17, 15) is 4.39 Å². The fourth-order valence-electron chi connectivity index (χ4n) is 1.07. The van der Waals surface area contributed by atoms with Crippen molar-refractivity contribution in [1.29, 1.82) is 0 Å². The molecule has 12 heavy (non-hydrogen) atoms. The highest BCUT2D eigenvalue weighted by atomic mass is 79.9. The average Bonchev–Trinajstić information content (AvgIpc) is 2.31. The third-order valence-corrected chi connectivity index (χ3v) is 3.68. The quantitative estimate of drug-likeness (QED) is 0.680. The molecule has 1 aromatic carbocycles. The third-order valence-electron chi connectivity index (χ3n) is 1.57. The monoisotopic (exact) mass is 262 g/mol. The van der Waals surface area contributed by atoms with E-state index in [0.29, 0.717) is 10.3 Å². The Morgan fingerprint density at radius 2 is 2.17 bits per heavy atom. The van der Waals surface area contributed by atoms with Crippen molar-refractivity contribution in [2.45, 2.75) is 4.90 Å². The Morgan fingerprint density at radius 1 is 1.42 bits per heavy atom. The average molecular weight is 263 g/mol. The number of rotatable bonds is 0. The summed E-state index contributed by atoms with van der Waals surface area (Å²) in [6.07, 6.45) is 0. The Kier molecular flexibility index (Phi) is 2.14. The molecule has 1 aromatic heterocycles. The van der Waals surface area contributed by atoms with E-state index >= 15 is 0 Å². The minimum Gasteiger partial charge on any atom is -0.206 e. The highest BCUT2D eigenvalue weighted by Gasteiger charge is 2.07. The Morgan fingerprint density at radius 3 is 2.92 bits per heavy atom. The standard InChI is InChI=1S/C8H4BrFS2/c9-5-3-12-7-2-4(11)1-6(10)8(5)7/h1-3,11H. The van der Waals surface area contributed by atoms with Crippen LogP contribution in [0, 0.1) is 5.82 Å². The predicted molar refractivity (Wildman–Crippen MR) is 56.7 cm³/mol. The van der Waals surface area contributed by atoms with Gasteiger partial charge in [-0.2, -0.15) is 0 Å². The first kappa shape index (κ1) is 8.53. The molecule has 0 fully saturated rings. The smallest absolute Gasteiger partial charge is 0.134 e. The summed E-state index contributed by atoms with van der Waals surface area (Å²) in [5.41, 5.74) is 0. The van der Waals surface area contributed by atoms with Crippen LogP contribution in [0.15, 0.2) is 26.9 Å². The molecular formula is C8H4BrFS2. The molecular weight excluding hydrogens is 259 g/mol. The van der Waals surface area contributed by atoms with Crippen LogP contribution < -0.4 is 0 Å². The Labute approximate surface area is 86.9 Å². The lowest BCUT2D eigenvalue weighted by Gasteiger charge is -1.95. The molecule has 0 amide bonds. The normalized spacial score (nSPS) is 10.9. The molecule has 0 aliphatic rings. The lowest BCUT2D eigenvalue weighted by Crippen LogP contribution is -1.75. The summed E-state index contributed by atoms with van der Waals surface area (Å²) in [5.74, 6) is -0.217. The van der Waals surface area contributed by atoms with Crippen LogP contribution in [0.3, 0.4) is 0 Å². The zero-order chi connectivity index (χ0) is 8.72. The first-order chi connectivity index (χ1) is 5.68. The van der Waals surface area contributed by atoms with Crippen LogP contribution in [0.1, 0.15) is 0 Å². The molecule has 0 atom stereocenters. The molecule has 2 rings (SSSR count). The van der Waals surface area contributed by atoms with Crippen LogP contribution in [-0.4, -0.2) is 0 Å². The van der Waals surface area contributed by atoms with E-state index in [1.54, 1.807) is 0 Å². The van der Waals surface area contributed by atoms with Gasteiger partial charge in [0.05, 0.1) is 0 Å². The summed E-state index contributed by atoms with van der Waals surface area (Å²) in [5, 5.41) is 2.53. The van der Waals surface area contributed by atoms with E-state index in [2.05, 4.69) is 28.6 Å². The highest BCUT2D eigenvalue weighted by molar-refractivity contribution is 9.10. The van der Waals surface area contributed by atoms with Crippen molar-refractivity contribution >= 4 is 50.0 Å². The number of hydrogen-bond acceptors (Lipinski definition) is 2. The predicted octanol–water partition coefficient (Wildman–Crippen LogP) is 4.09. The van der Waals surface area contributed by atoms with Crippen LogP contribution >= 0.6 is 39.9 Å². The minimum absolute atomic E-state index is 0.217. The van der Waals surface area contributed by atoms with Crippen molar-refractivity contribution in [3.63, 3.8) is 0 Å². The summed E-state index contributed by atoms with van der Waals surface area (Å²) in [7, 11) is 0. The van der Waals surface area contributed by atoms with Gasteiger partial charge in [0.15, 0.2) is 0 Å². The van der Waals surface area contributed by atoms with Gasteiger partial charge in [-0.3, -0.25) is 0 Å². The number of thiol groups is 1. The van der Waals surface area contributed by atoms with Crippen molar-refractivity contribution in [2.75, 3.05) is 0 Å². The molecule has 0 spiro atoms. The molecule has 0 N–H and O–H groups in total. The third kappa shape index (κ3) is 1.28. The van der Waals surface area contributed by atoms with Gasteiger partial charge in [-0.15, -0.1) is 24.0 Å². The first-order valence-corrected chi connectivity index (χ1v) is 5.35. The fraction of sp³-hybridized carbons (Fsp3) is 0. The highest BCUT2D eigenvalue weighted by Crippen LogP contribution is 2.33. The molecule has 0 nitrogen and oxygen atoms in total. The topological polar surface area (TPSA) is 0 Å². The van der Waals surface area contributed by atoms with E-state index in [-0.39, 0.29) is 5.82 Å². The summed E-state index contributed by atoms with van der Waals surface area (Å²) in [6, 6.07) is 3.28. The Hall–Kier alpha value is -0.0600. The van der Waals surface area contributed by atoms with E-state index in [1.165, 1.54) is 17.4 Å². The number of fused-ring (bicyclic) bond motifs is 1. The molecule has 0 aliphatic carbocycles. The second-order valence-corrected chi connectivity index (χ2v) is 4.67. The fourth-order valence-corrected chi connectivity index (χ4v) is 3.08. The number of thiophene rings is 1. The maximum Gasteiger partial charge on any atom is 0.134 e. The summed E-state index contributed by atoms with van der Waals surface area (Å²) >= 11 is 8.88. The second-order valence-electron chi connectivity index (χ2n) is 2.38. The first-order valence-electron chi connectivity index (χ1n) is 3.23. The van der Waals surface area contributed by atoms with Gasteiger partial charge in [-0.05, 0) is 28.1 Å². The maximum atomic E-state index is 13.3. The molecule has 4 heteroatoms. The minimum atomic E-state index is -0.217.